The molecule has 0 N–H and O–H groups in total. The molecule has 3 nitrogen and oxygen atoms in total. The smallest absolute Gasteiger partial charge is 0.229 e. The van der Waals surface area contributed by atoms with E-state index in [4.69, 9.17) is 11.6 Å². The second kappa shape index (κ2) is 3.67. The minimum absolute atomic E-state index is 0.131. The molecule has 1 aromatic heterocycles. The van der Waals surface area contributed by atoms with Crippen LogP contribution in [0.3, 0.4) is 0 Å². The second-order valence-electron chi connectivity index (χ2n) is 2.57. The van der Waals surface area contributed by atoms with Gasteiger partial charge in [0.1, 0.15) is 12.1 Å². The van der Waals surface area contributed by atoms with Gasteiger partial charge < -0.3 is 0 Å². The summed E-state index contributed by atoms with van der Waals surface area (Å²) in [5, 5.41) is 7.25. The molecule has 0 fully saturated rings. The predicted molar refractivity (Wildman–Crippen MR) is 54.0 cm³/mol. The maximum atomic E-state index is 13.4. The highest BCUT2D eigenvalue weighted by Gasteiger charge is 2.08. The van der Waals surface area contributed by atoms with Gasteiger partial charge in [0.2, 0.25) is 5.28 Å². The van der Waals surface area contributed by atoms with E-state index in [1.54, 1.807) is 12.1 Å². The van der Waals surface area contributed by atoms with Crippen LogP contribution in [0.2, 0.25) is 5.28 Å². The molecule has 0 amide bonds. The summed E-state index contributed by atoms with van der Waals surface area (Å²) in [6, 6.07) is 4.66. The van der Waals surface area contributed by atoms with Gasteiger partial charge in [0.15, 0.2) is 0 Å². The summed E-state index contributed by atoms with van der Waals surface area (Å²) in [5.41, 5.74) is 0.322. The monoisotopic (exact) mass is 275 g/mol. The van der Waals surface area contributed by atoms with Gasteiger partial charge in [-0.05, 0) is 29.8 Å². The van der Waals surface area contributed by atoms with E-state index in [9.17, 15) is 4.39 Å². The third-order valence-electron chi connectivity index (χ3n) is 1.68. The summed E-state index contributed by atoms with van der Waals surface area (Å²) in [7, 11) is 0. The molecule has 6 heteroatoms. The molecular formula is C8H4BrClFN3. The Kier molecular flexibility index (Phi) is 2.52. The van der Waals surface area contributed by atoms with Gasteiger partial charge in [0, 0.05) is 4.47 Å². The van der Waals surface area contributed by atoms with Gasteiger partial charge >= 0.3 is 0 Å². The maximum absolute atomic E-state index is 13.4. The largest absolute Gasteiger partial charge is 0.269 e. The first-order valence-electron chi connectivity index (χ1n) is 3.69. The molecule has 0 spiro atoms. The molecule has 0 bridgehead atoms. The maximum Gasteiger partial charge on any atom is 0.229 e. The van der Waals surface area contributed by atoms with Crippen molar-refractivity contribution in [1.82, 2.24) is 14.8 Å². The van der Waals surface area contributed by atoms with Crippen LogP contribution in [0.15, 0.2) is 29.0 Å². The molecule has 0 atom stereocenters. The van der Waals surface area contributed by atoms with Gasteiger partial charge in [-0.3, -0.25) is 4.57 Å². The molecule has 0 aliphatic rings. The van der Waals surface area contributed by atoms with E-state index >= 15 is 0 Å². The summed E-state index contributed by atoms with van der Waals surface area (Å²) >= 11 is 8.86. The highest BCUT2D eigenvalue weighted by atomic mass is 79.9. The van der Waals surface area contributed by atoms with Gasteiger partial charge in [-0.25, -0.2) is 4.39 Å². The van der Waals surface area contributed by atoms with E-state index in [-0.39, 0.29) is 11.1 Å². The fraction of sp³-hybridized carbons (Fsp3) is 0. The van der Waals surface area contributed by atoms with Crippen molar-refractivity contribution in [2.45, 2.75) is 0 Å². The topological polar surface area (TPSA) is 30.7 Å². The zero-order valence-electron chi connectivity index (χ0n) is 6.78. The number of hydrogen-bond donors (Lipinski definition) is 0. The number of hydrogen-bond acceptors (Lipinski definition) is 2. The molecule has 14 heavy (non-hydrogen) atoms. The number of halogens is 3. The first-order chi connectivity index (χ1) is 6.68. The Bertz CT molecular complexity index is 471. The number of benzene rings is 1. The zero-order chi connectivity index (χ0) is 10.1. The first kappa shape index (κ1) is 9.61. The van der Waals surface area contributed by atoms with E-state index in [1.807, 2.05) is 0 Å². The molecule has 0 unspecified atom stereocenters. The first-order valence-corrected chi connectivity index (χ1v) is 4.86. The van der Waals surface area contributed by atoms with Crippen LogP contribution in [-0.4, -0.2) is 14.8 Å². The Hall–Kier alpha value is -0.940. The standard InChI is InChI=1S/C8H4BrClFN3/c9-5-1-2-7(6(11)3-5)14-4-12-13-8(14)10/h1-4H. The molecule has 0 aliphatic heterocycles. The second-order valence-corrected chi connectivity index (χ2v) is 3.82. The van der Waals surface area contributed by atoms with E-state index in [0.717, 1.165) is 0 Å². The van der Waals surface area contributed by atoms with Crippen LogP contribution in [0.1, 0.15) is 0 Å². The van der Waals surface area contributed by atoms with Gasteiger partial charge in [-0.1, -0.05) is 15.9 Å². The van der Waals surface area contributed by atoms with Gasteiger partial charge in [0.25, 0.3) is 0 Å². The van der Waals surface area contributed by atoms with Crippen LogP contribution >= 0.6 is 27.5 Å². The van der Waals surface area contributed by atoms with Crippen LogP contribution in [0, 0.1) is 5.82 Å². The molecule has 72 valence electrons. The Labute approximate surface area is 92.7 Å². The molecule has 0 saturated carbocycles. The van der Waals surface area contributed by atoms with Crippen LogP contribution in [0.5, 0.6) is 0 Å². The molecular weight excluding hydrogens is 272 g/mol. The zero-order valence-corrected chi connectivity index (χ0v) is 9.13. The lowest BCUT2D eigenvalue weighted by Crippen LogP contribution is -1.96. The van der Waals surface area contributed by atoms with Crippen molar-refractivity contribution in [3.63, 3.8) is 0 Å². The summed E-state index contributed by atoms with van der Waals surface area (Å²) in [4.78, 5) is 0. The quantitative estimate of drug-likeness (QED) is 0.802. The van der Waals surface area contributed by atoms with Crippen molar-refractivity contribution in [2.75, 3.05) is 0 Å². The van der Waals surface area contributed by atoms with E-state index in [0.29, 0.717) is 10.2 Å². The normalized spacial score (nSPS) is 10.5. The summed E-state index contributed by atoms with van der Waals surface area (Å²) in [6.07, 6.45) is 1.36. The van der Waals surface area contributed by atoms with Crippen molar-refractivity contribution in [3.8, 4) is 5.69 Å². The van der Waals surface area contributed by atoms with Gasteiger partial charge in [-0.15, -0.1) is 10.2 Å². The third kappa shape index (κ3) is 1.65. The average molecular weight is 276 g/mol. The highest BCUT2D eigenvalue weighted by Crippen LogP contribution is 2.20. The molecule has 1 aromatic carbocycles. The van der Waals surface area contributed by atoms with Gasteiger partial charge in [0.05, 0.1) is 5.69 Å². The average Bonchev–Trinajstić information content (AvgIpc) is 2.52. The van der Waals surface area contributed by atoms with Crippen molar-refractivity contribution in [1.29, 1.82) is 0 Å². The summed E-state index contributed by atoms with van der Waals surface area (Å²) < 4.78 is 15.5. The minimum atomic E-state index is -0.388. The number of rotatable bonds is 1. The molecule has 2 aromatic rings. The Morgan fingerprint density at radius 1 is 1.43 bits per heavy atom. The fourth-order valence-electron chi connectivity index (χ4n) is 1.06. The highest BCUT2D eigenvalue weighted by molar-refractivity contribution is 9.10. The van der Waals surface area contributed by atoms with Gasteiger partial charge in [-0.2, -0.15) is 0 Å². The van der Waals surface area contributed by atoms with E-state index < -0.39 is 0 Å². The molecule has 0 saturated heterocycles. The lowest BCUT2D eigenvalue weighted by Gasteiger charge is -2.03. The SMILES string of the molecule is Fc1cc(Br)ccc1-n1cnnc1Cl. The van der Waals surface area contributed by atoms with Crippen LogP contribution in [-0.2, 0) is 0 Å². The van der Waals surface area contributed by atoms with Crippen LogP contribution in [0.25, 0.3) is 5.69 Å². The minimum Gasteiger partial charge on any atom is -0.269 e. The third-order valence-corrected chi connectivity index (χ3v) is 2.43. The van der Waals surface area contributed by atoms with Crippen molar-refractivity contribution < 1.29 is 4.39 Å². The van der Waals surface area contributed by atoms with Crippen molar-refractivity contribution in [3.05, 3.63) is 40.1 Å². The number of nitrogens with zero attached hydrogens (tertiary/aromatic N) is 3. The van der Waals surface area contributed by atoms with Crippen molar-refractivity contribution >= 4 is 27.5 Å². The molecule has 1 heterocycles. The lowest BCUT2D eigenvalue weighted by atomic mass is 10.3. The molecule has 0 aliphatic carbocycles. The molecule has 0 radical (unpaired) electrons. The van der Waals surface area contributed by atoms with Crippen molar-refractivity contribution in [2.24, 2.45) is 0 Å². The lowest BCUT2D eigenvalue weighted by molar-refractivity contribution is 0.617. The van der Waals surface area contributed by atoms with Crippen LogP contribution < -0.4 is 0 Å². The van der Waals surface area contributed by atoms with E-state index in [2.05, 4.69) is 26.1 Å². The Morgan fingerprint density at radius 2 is 2.21 bits per heavy atom. The van der Waals surface area contributed by atoms with E-state index in [1.165, 1.54) is 17.0 Å². The summed E-state index contributed by atoms with van der Waals surface area (Å²) in [6.45, 7) is 0. The Morgan fingerprint density at radius 3 is 2.79 bits per heavy atom. The molecule has 2 rings (SSSR count). The van der Waals surface area contributed by atoms with Crippen LogP contribution in [0.4, 0.5) is 4.39 Å². The predicted octanol–water partition coefficient (Wildman–Crippen LogP) is 2.82. The summed E-state index contributed by atoms with van der Waals surface area (Å²) in [5.74, 6) is -0.388. The number of aromatic nitrogens is 3. The fourth-order valence-corrected chi connectivity index (χ4v) is 1.57. The Balaban J connectivity index is 2.58.